The lowest BCUT2D eigenvalue weighted by Gasteiger charge is -2.27. The summed E-state index contributed by atoms with van der Waals surface area (Å²) in [6, 6.07) is 4.56. The minimum absolute atomic E-state index is 0.196. The van der Waals surface area contributed by atoms with Crippen molar-refractivity contribution in [2.24, 2.45) is 5.73 Å². The van der Waals surface area contributed by atoms with Crippen molar-refractivity contribution in [3.05, 3.63) is 28.8 Å². The van der Waals surface area contributed by atoms with Gasteiger partial charge in [-0.25, -0.2) is 4.79 Å². The topological polar surface area (TPSA) is 92.4 Å². The number of nitrogens with two attached hydrogens (primary N) is 1. The summed E-state index contributed by atoms with van der Waals surface area (Å²) in [4.78, 5) is 22.4. The number of halogens is 1. The number of rotatable bonds is 6. The van der Waals surface area contributed by atoms with Crippen LogP contribution in [0.3, 0.4) is 0 Å². The lowest BCUT2D eigenvalue weighted by molar-refractivity contribution is -0.141. The normalized spacial score (nSPS) is 13.6. The molecule has 0 aliphatic carbocycles. The van der Waals surface area contributed by atoms with Crippen LogP contribution in [0.25, 0.3) is 0 Å². The zero-order valence-corrected chi connectivity index (χ0v) is 11.6. The Morgan fingerprint density at radius 1 is 1.47 bits per heavy atom. The highest BCUT2D eigenvalue weighted by Crippen LogP contribution is 2.25. The molecule has 0 spiro atoms. The maximum atomic E-state index is 11.3. The number of nitrogens with one attached hydrogen (secondary N) is 1. The monoisotopic (exact) mass is 284 g/mol. The highest BCUT2D eigenvalue weighted by atomic mass is 35.5. The molecule has 1 aromatic rings. The van der Waals surface area contributed by atoms with Crippen molar-refractivity contribution in [1.29, 1.82) is 0 Å². The van der Waals surface area contributed by atoms with Gasteiger partial charge in [0.25, 0.3) is 0 Å². The first kappa shape index (κ1) is 15.3. The third-order valence-corrected chi connectivity index (χ3v) is 3.19. The molecule has 0 bridgehead atoms. The summed E-state index contributed by atoms with van der Waals surface area (Å²) in [7, 11) is 0. The Labute approximate surface area is 116 Å². The van der Waals surface area contributed by atoms with Gasteiger partial charge in [-0.2, -0.15) is 0 Å². The second-order valence-electron chi connectivity index (χ2n) is 4.57. The Morgan fingerprint density at radius 3 is 2.53 bits per heavy atom. The first-order valence-electron chi connectivity index (χ1n) is 5.91. The molecule has 0 radical (unpaired) electrons. The van der Waals surface area contributed by atoms with Gasteiger partial charge in [-0.3, -0.25) is 4.79 Å². The zero-order valence-electron chi connectivity index (χ0n) is 10.9. The lowest BCUT2D eigenvalue weighted by atomic mass is 9.96. The number of primary amides is 1. The largest absolute Gasteiger partial charge is 0.480 e. The van der Waals surface area contributed by atoms with Gasteiger partial charge in [0.1, 0.15) is 5.54 Å². The number of carboxylic acid groups (broad SMARTS) is 1. The highest BCUT2D eigenvalue weighted by molar-refractivity contribution is 6.34. The number of aliphatic carboxylic acids is 1. The summed E-state index contributed by atoms with van der Waals surface area (Å²) in [5.41, 5.74) is 4.82. The fraction of sp³-hybridized carbons (Fsp3) is 0.385. The fourth-order valence-corrected chi connectivity index (χ4v) is 2.11. The zero-order chi connectivity index (χ0) is 14.6. The molecule has 6 heteroatoms. The van der Waals surface area contributed by atoms with Crippen LogP contribution in [0.2, 0.25) is 5.02 Å². The van der Waals surface area contributed by atoms with Crippen LogP contribution in [0, 0.1) is 0 Å². The first-order valence-corrected chi connectivity index (χ1v) is 6.29. The number of hydrogen-bond donors (Lipinski definition) is 3. The maximum Gasteiger partial charge on any atom is 0.329 e. The van der Waals surface area contributed by atoms with Gasteiger partial charge in [0.05, 0.1) is 10.6 Å². The molecule has 0 aromatic heterocycles. The van der Waals surface area contributed by atoms with E-state index in [4.69, 9.17) is 17.3 Å². The fourth-order valence-electron chi connectivity index (χ4n) is 1.83. The predicted octanol–water partition coefficient (Wildman–Crippen LogP) is 2.49. The van der Waals surface area contributed by atoms with Gasteiger partial charge < -0.3 is 16.2 Å². The molecule has 0 saturated carbocycles. The van der Waals surface area contributed by atoms with Gasteiger partial charge in [0.2, 0.25) is 5.91 Å². The summed E-state index contributed by atoms with van der Waals surface area (Å²) in [6.45, 7) is 3.51. The van der Waals surface area contributed by atoms with Crippen molar-refractivity contribution in [1.82, 2.24) is 0 Å². The predicted molar refractivity (Wildman–Crippen MR) is 74.5 cm³/mol. The van der Waals surface area contributed by atoms with Crippen molar-refractivity contribution < 1.29 is 14.7 Å². The Hall–Kier alpha value is -1.75. The number of benzene rings is 1. The van der Waals surface area contributed by atoms with E-state index in [0.29, 0.717) is 12.1 Å². The minimum Gasteiger partial charge on any atom is -0.480 e. The SMILES string of the molecule is CCCC(C)(Nc1ccc(C(N)=O)c(Cl)c1)C(=O)O. The van der Waals surface area contributed by atoms with Gasteiger partial charge in [-0.15, -0.1) is 0 Å². The van der Waals surface area contributed by atoms with E-state index in [1.807, 2.05) is 6.92 Å². The van der Waals surface area contributed by atoms with Crippen molar-refractivity contribution in [3.63, 3.8) is 0 Å². The van der Waals surface area contributed by atoms with Crippen molar-refractivity contribution in [2.45, 2.75) is 32.2 Å². The van der Waals surface area contributed by atoms with E-state index in [1.54, 1.807) is 13.0 Å². The third-order valence-electron chi connectivity index (χ3n) is 2.88. The summed E-state index contributed by atoms with van der Waals surface area (Å²) in [6.07, 6.45) is 1.19. The van der Waals surface area contributed by atoms with E-state index in [0.717, 1.165) is 6.42 Å². The van der Waals surface area contributed by atoms with Gasteiger partial charge in [0, 0.05) is 5.69 Å². The number of carboxylic acids is 1. The molecule has 104 valence electrons. The van der Waals surface area contributed by atoms with Crippen LogP contribution in [-0.4, -0.2) is 22.5 Å². The maximum absolute atomic E-state index is 11.3. The molecule has 1 amide bonds. The number of carbonyl (C=O) groups excluding carboxylic acids is 1. The molecule has 1 rings (SSSR count). The van der Waals surface area contributed by atoms with Crippen LogP contribution in [0.4, 0.5) is 5.69 Å². The molecule has 0 saturated heterocycles. The minimum atomic E-state index is -1.08. The van der Waals surface area contributed by atoms with E-state index in [9.17, 15) is 14.7 Å². The molecule has 4 N–H and O–H groups in total. The third kappa shape index (κ3) is 3.61. The highest BCUT2D eigenvalue weighted by Gasteiger charge is 2.31. The molecular formula is C13H17ClN2O3. The number of carbonyl (C=O) groups is 2. The van der Waals surface area contributed by atoms with Crippen molar-refractivity contribution in [2.75, 3.05) is 5.32 Å². The van der Waals surface area contributed by atoms with Crippen LogP contribution in [0.1, 0.15) is 37.0 Å². The molecule has 0 heterocycles. The molecule has 1 aromatic carbocycles. The Kier molecular flexibility index (Phi) is 4.78. The average Bonchev–Trinajstić information content (AvgIpc) is 2.28. The van der Waals surface area contributed by atoms with Gasteiger partial charge >= 0.3 is 5.97 Å². The number of hydrogen-bond acceptors (Lipinski definition) is 3. The lowest BCUT2D eigenvalue weighted by Crippen LogP contribution is -2.43. The Bertz CT molecular complexity index is 505. The second-order valence-corrected chi connectivity index (χ2v) is 4.98. The molecule has 19 heavy (non-hydrogen) atoms. The Balaban J connectivity index is 3.02. The first-order chi connectivity index (χ1) is 8.80. The van der Waals surface area contributed by atoms with E-state index in [2.05, 4.69) is 5.32 Å². The van der Waals surface area contributed by atoms with Gasteiger partial charge in [-0.05, 0) is 31.5 Å². The summed E-state index contributed by atoms with van der Waals surface area (Å²) in [5.74, 6) is -1.56. The Morgan fingerprint density at radius 2 is 2.11 bits per heavy atom. The van der Waals surface area contributed by atoms with Crippen molar-refractivity contribution in [3.8, 4) is 0 Å². The van der Waals surface area contributed by atoms with E-state index in [1.165, 1.54) is 12.1 Å². The molecule has 0 aliphatic heterocycles. The van der Waals surface area contributed by atoms with Crippen LogP contribution in [-0.2, 0) is 4.79 Å². The summed E-state index contributed by atoms with van der Waals surface area (Å²) >= 11 is 5.92. The smallest absolute Gasteiger partial charge is 0.329 e. The average molecular weight is 285 g/mol. The van der Waals surface area contributed by atoms with Crippen LogP contribution in [0.5, 0.6) is 0 Å². The molecule has 1 unspecified atom stereocenters. The summed E-state index contributed by atoms with van der Waals surface area (Å²) < 4.78 is 0. The molecule has 0 fully saturated rings. The summed E-state index contributed by atoms with van der Waals surface area (Å²) in [5, 5.41) is 12.4. The van der Waals surface area contributed by atoms with Crippen LogP contribution >= 0.6 is 11.6 Å². The van der Waals surface area contributed by atoms with E-state index in [-0.39, 0.29) is 10.6 Å². The molecule has 0 aliphatic rings. The van der Waals surface area contributed by atoms with Gasteiger partial charge in [-0.1, -0.05) is 24.9 Å². The van der Waals surface area contributed by atoms with Gasteiger partial charge in [0.15, 0.2) is 0 Å². The van der Waals surface area contributed by atoms with Crippen molar-refractivity contribution >= 4 is 29.2 Å². The van der Waals surface area contributed by atoms with Crippen LogP contribution < -0.4 is 11.1 Å². The second kappa shape index (κ2) is 5.93. The molecule has 1 atom stereocenters. The number of amides is 1. The molecular weight excluding hydrogens is 268 g/mol. The molecule has 5 nitrogen and oxygen atoms in total. The number of anilines is 1. The standard InChI is InChI=1S/C13H17ClN2O3/c1-3-6-13(2,12(18)19)16-8-4-5-9(11(15)17)10(14)7-8/h4-5,7,16H,3,6H2,1-2H3,(H2,15,17)(H,18,19). The van der Waals surface area contributed by atoms with Crippen LogP contribution in [0.15, 0.2) is 18.2 Å². The van der Waals surface area contributed by atoms with E-state index < -0.39 is 17.4 Å². The quantitative estimate of drug-likeness (QED) is 0.748. The van der Waals surface area contributed by atoms with E-state index >= 15 is 0 Å².